The number of ether oxygens (including phenoxy) is 1. The highest BCUT2D eigenvalue weighted by molar-refractivity contribution is 5.94. The van der Waals surface area contributed by atoms with E-state index in [0.717, 1.165) is 11.8 Å². The number of aliphatic hydroxyl groups is 1. The van der Waals surface area contributed by atoms with E-state index in [9.17, 15) is 9.18 Å². The topological polar surface area (TPSA) is 76.4 Å². The van der Waals surface area contributed by atoms with Crippen LogP contribution in [0.5, 0.6) is 0 Å². The van der Waals surface area contributed by atoms with Gasteiger partial charge >= 0.3 is 0 Å². The Morgan fingerprint density at radius 3 is 2.96 bits per heavy atom. The number of benzene rings is 1. The molecule has 1 aliphatic heterocycles. The number of carbonyl (C=O) groups is 1. The summed E-state index contributed by atoms with van der Waals surface area (Å²) in [5.74, 6) is -0.952. The van der Waals surface area contributed by atoms with Crippen molar-refractivity contribution in [1.82, 2.24) is 15.1 Å². The predicted molar refractivity (Wildman–Crippen MR) is 89.5 cm³/mol. The Hall–Kier alpha value is -2.25. The Bertz CT molecular complexity index is 760. The quantitative estimate of drug-likeness (QED) is 0.870. The Morgan fingerprint density at radius 1 is 1.48 bits per heavy atom. The molecule has 0 radical (unpaired) electrons. The molecule has 134 valence electrons. The first-order valence-corrected chi connectivity index (χ1v) is 8.36. The Labute approximate surface area is 145 Å². The standard InChI is InChI=1S/C18H22FN3O3/c1-11(2)22-16(5-7-20-22)17-15(6-8-25-17)21-18(24)12-3-4-13(10-23)14(19)9-12/h3-5,7,9,11,15,17,23H,6,8,10H2,1-2H3,(H,21,24)/t15-,17-/m0/s1. The lowest BCUT2D eigenvalue weighted by molar-refractivity contribution is 0.0782. The molecule has 1 aromatic heterocycles. The average molecular weight is 347 g/mol. The van der Waals surface area contributed by atoms with Gasteiger partial charge in [0, 0.05) is 30.0 Å². The summed E-state index contributed by atoms with van der Waals surface area (Å²) in [6, 6.07) is 5.94. The van der Waals surface area contributed by atoms with E-state index in [2.05, 4.69) is 10.4 Å². The number of nitrogens with one attached hydrogen (secondary N) is 1. The van der Waals surface area contributed by atoms with Crippen molar-refractivity contribution < 1.29 is 19.0 Å². The smallest absolute Gasteiger partial charge is 0.251 e. The summed E-state index contributed by atoms with van der Waals surface area (Å²) in [7, 11) is 0. The van der Waals surface area contributed by atoms with Crippen molar-refractivity contribution in [3.05, 3.63) is 53.1 Å². The molecule has 3 rings (SSSR count). The molecule has 0 saturated carbocycles. The van der Waals surface area contributed by atoms with Crippen LogP contribution in [0, 0.1) is 5.82 Å². The number of aliphatic hydroxyl groups excluding tert-OH is 1. The van der Waals surface area contributed by atoms with Crippen molar-refractivity contribution in [2.45, 2.75) is 45.1 Å². The molecule has 1 aliphatic rings. The average Bonchev–Trinajstić information content (AvgIpc) is 3.23. The van der Waals surface area contributed by atoms with Gasteiger partial charge in [0.2, 0.25) is 0 Å². The lowest BCUT2D eigenvalue weighted by atomic mass is 10.1. The first kappa shape index (κ1) is 17.6. The second-order valence-electron chi connectivity index (χ2n) is 6.42. The molecule has 0 spiro atoms. The van der Waals surface area contributed by atoms with Crippen LogP contribution in [0.25, 0.3) is 0 Å². The zero-order chi connectivity index (χ0) is 18.0. The van der Waals surface area contributed by atoms with Crippen molar-refractivity contribution in [2.75, 3.05) is 6.61 Å². The fourth-order valence-electron chi connectivity index (χ4n) is 3.08. The number of nitrogens with zero attached hydrogens (tertiary/aromatic N) is 2. The number of amides is 1. The van der Waals surface area contributed by atoms with Gasteiger partial charge in [0.15, 0.2) is 0 Å². The molecular formula is C18H22FN3O3. The summed E-state index contributed by atoms with van der Waals surface area (Å²) in [4.78, 5) is 12.5. The largest absolute Gasteiger partial charge is 0.392 e. The van der Waals surface area contributed by atoms with Gasteiger partial charge in [-0.15, -0.1) is 0 Å². The van der Waals surface area contributed by atoms with Gasteiger partial charge in [-0.3, -0.25) is 9.48 Å². The van der Waals surface area contributed by atoms with Crippen LogP contribution in [-0.2, 0) is 11.3 Å². The van der Waals surface area contributed by atoms with E-state index >= 15 is 0 Å². The molecule has 1 fully saturated rings. The molecule has 1 amide bonds. The minimum atomic E-state index is -0.591. The van der Waals surface area contributed by atoms with Crippen LogP contribution in [0.1, 0.15) is 54.0 Å². The zero-order valence-corrected chi connectivity index (χ0v) is 14.3. The minimum Gasteiger partial charge on any atom is -0.392 e. The third-order valence-corrected chi connectivity index (χ3v) is 4.38. The maximum Gasteiger partial charge on any atom is 0.251 e. The Balaban J connectivity index is 1.76. The molecule has 6 nitrogen and oxygen atoms in total. The number of carbonyl (C=O) groups excluding carboxylic acids is 1. The molecule has 7 heteroatoms. The molecule has 1 aromatic carbocycles. The maximum atomic E-state index is 13.8. The predicted octanol–water partition coefficient (Wildman–Crippen LogP) is 2.36. The van der Waals surface area contributed by atoms with Gasteiger partial charge in [0.1, 0.15) is 11.9 Å². The van der Waals surface area contributed by atoms with Gasteiger partial charge in [-0.05, 0) is 38.5 Å². The van der Waals surface area contributed by atoms with Crippen molar-refractivity contribution in [2.24, 2.45) is 0 Å². The second-order valence-corrected chi connectivity index (χ2v) is 6.42. The number of rotatable bonds is 5. The SMILES string of the molecule is CC(C)n1nccc1[C@H]1OCC[C@@H]1NC(=O)c1ccc(CO)c(F)c1. The fraction of sp³-hybridized carbons (Fsp3) is 0.444. The van der Waals surface area contributed by atoms with Crippen molar-refractivity contribution in [3.63, 3.8) is 0 Å². The van der Waals surface area contributed by atoms with Crippen LogP contribution in [-0.4, -0.2) is 33.4 Å². The Kier molecular flexibility index (Phi) is 5.15. The Morgan fingerprint density at radius 2 is 2.28 bits per heavy atom. The highest BCUT2D eigenvalue weighted by Crippen LogP contribution is 2.30. The van der Waals surface area contributed by atoms with Crippen LogP contribution in [0.2, 0.25) is 0 Å². The fourth-order valence-corrected chi connectivity index (χ4v) is 3.08. The molecule has 2 N–H and O–H groups in total. The summed E-state index contributed by atoms with van der Waals surface area (Å²) >= 11 is 0. The van der Waals surface area contributed by atoms with Crippen molar-refractivity contribution >= 4 is 5.91 Å². The van der Waals surface area contributed by atoms with E-state index < -0.39 is 12.4 Å². The number of hydrogen-bond donors (Lipinski definition) is 2. The lowest BCUT2D eigenvalue weighted by Gasteiger charge is -2.22. The van der Waals surface area contributed by atoms with Gasteiger partial charge in [-0.25, -0.2) is 4.39 Å². The summed E-state index contributed by atoms with van der Waals surface area (Å²) in [5.41, 5.74) is 1.30. The van der Waals surface area contributed by atoms with Crippen molar-refractivity contribution in [1.29, 1.82) is 0 Å². The molecule has 2 atom stereocenters. The van der Waals surface area contributed by atoms with Crippen LogP contribution >= 0.6 is 0 Å². The molecule has 1 saturated heterocycles. The monoisotopic (exact) mass is 347 g/mol. The van der Waals surface area contributed by atoms with Gasteiger partial charge in [-0.1, -0.05) is 6.07 Å². The summed E-state index contributed by atoms with van der Waals surface area (Å²) in [5, 5.41) is 16.3. The molecule has 0 bridgehead atoms. The normalized spacial score (nSPS) is 20.2. The third kappa shape index (κ3) is 3.57. The zero-order valence-electron chi connectivity index (χ0n) is 14.3. The van der Waals surface area contributed by atoms with Crippen LogP contribution in [0.15, 0.2) is 30.5 Å². The van der Waals surface area contributed by atoms with E-state index in [4.69, 9.17) is 9.84 Å². The summed E-state index contributed by atoms with van der Waals surface area (Å²) in [6.07, 6.45) is 2.12. The summed E-state index contributed by atoms with van der Waals surface area (Å²) < 4.78 is 21.5. The van der Waals surface area contributed by atoms with Crippen LogP contribution < -0.4 is 5.32 Å². The number of aromatic nitrogens is 2. The van der Waals surface area contributed by atoms with Crippen molar-refractivity contribution in [3.8, 4) is 0 Å². The van der Waals surface area contributed by atoms with Crippen LogP contribution in [0.4, 0.5) is 4.39 Å². The van der Waals surface area contributed by atoms with E-state index in [-0.39, 0.29) is 35.2 Å². The lowest BCUT2D eigenvalue weighted by Crippen LogP contribution is -2.37. The van der Waals surface area contributed by atoms with Gasteiger partial charge in [0.05, 0.1) is 18.3 Å². The first-order valence-electron chi connectivity index (χ1n) is 8.36. The van der Waals surface area contributed by atoms with Gasteiger partial charge in [-0.2, -0.15) is 5.10 Å². The van der Waals surface area contributed by atoms with E-state index in [1.807, 2.05) is 24.6 Å². The number of hydrogen-bond acceptors (Lipinski definition) is 4. The molecule has 0 unspecified atom stereocenters. The van der Waals surface area contributed by atoms with Gasteiger partial charge in [0.25, 0.3) is 5.91 Å². The first-order chi connectivity index (χ1) is 12.0. The maximum absolute atomic E-state index is 13.8. The second kappa shape index (κ2) is 7.33. The highest BCUT2D eigenvalue weighted by atomic mass is 19.1. The molecule has 2 heterocycles. The molecule has 25 heavy (non-hydrogen) atoms. The van der Waals surface area contributed by atoms with E-state index in [0.29, 0.717) is 13.0 Å². The van der Waals surface area contributed by atoms with E-state index in [1.54, 1.807) is 6.20 Å². The molecule has 2 aromatic rings. The minimum absolute atomic E-state index is 0.166. The third-order valence-electron chi connectivity index (χ3n) is 4.38. The van der Waals surface area contributed by atoms with E-state index in [1.165, 1.54) is 12.1 Å². The highest BCUT2D eigenvalue weighted by Gasteiger charge is 2.33. The molecule has 0 aliphatic carbocycles. The summed E-state index contributed by atoms with van der Waals surface area (Å²) in [6.45, 7) is 4.21. The van der Waals surface area contributed by atoms with Gasteiger partial charge < -0.3 is 15.2 Å². The molecular weight excluding hydrogens is 325 g/mol. The number of halogens is 1. The van der Waals surface area contributed by atoms with Crippen LogP contribution in [0.3, 0.4) is 0 Å².